The Morgan fingerprint density at radius 3 is 1.00 bits per heavy atom. The van der Waals surface area contributed by atoms with Crippen LogP contribution in [-0.4, -0.2) is 57.3 Å². The molecule has 0 aromatic carbocycles. The second-order valence-corrected chi connectivity index (χ2v) is 15.1. The van der Waals surface area contributed by atoms with Crippen LogP contribution < -0.4 is 5.32 Å². The van der Waals surface area contributed by atoms with E-state index < -0.39 is 36.9 Å². The van der Waals surface area contributed by atoms with Crippen molar-refractivity contribution in [3.63, 3.8) is 0 Å². The molecule has 0 saturated heterocycles. The number of hydrogen-bond donors (Lipinski definition) is 5. The summed E-state index contributed by atoms with van der Waals surface area (Å²) in [6.07, 6.45) is 38.6. The molecule has 0 rings (SSSR count). The third-order valence-corrected chi connectivity index (χ3v) is 10.3. The summed E-state index contributed by atoms with van der Waals surface area (Å²) in [4.78, 5) is 12.5. The number of aliphatic hydroxyl groups is 4. The highest BCUT2D eigenvalue weighted by Crippen LogP contribution is 2.17. The molecule has 288 valence electrons. The van der Waals surface area contributed by atoms with Crippen molar-refractivity contribution in [2.24, 2.45) is 0 Å². The van der Waals surface area contributed by atoms with E-state index in [4.69, 9.17) is 0 Å². The number of unbranched alkanes of at least 4 members (excludes halogenated alkanes) is 30. The Labute approximate surface area is 299 Å². The van der Waals surface area contributed by atoms with Crippen molar-refractivity contribution in [3.8, 4) is 0 Å². The van der Waals surface area contributed by atoms with E-state index >= 15 is 0 Å². The Kier molecular flexibility index (Phi) is 37.0. The molecule has 48 heavy (non-hydrogen) atoms. The number of amides is 1. The van der Waals surface area contributed by atoms with Crippen molar-refractivity contribution in [2.75, 3.05) is 6.61 Å². The summed E-state index contributed by atoms with van der Waals surface area (Å²) in [6.45, 7) is 4.04. The molecule has 1 amide bonds. The van der Waals surface area contributed by atoms with Crippen molar-refractivity contribution in [1.82, 2.24) is 5.32 Å². The first-order valence-corrected chi connectivity index (χ1v) is 21.4. The Morgan fingerprint density at radius 1 is 0.438 bits per heavy atom. The topological polar surface area (TPSA) is 110 Å². The van der Waals surface area contributed by atoms with Gasteiger partial charge in [0.25, 0.3) is 0 Å². The maximum absolute atomic E-state index is 12.5. The third kappa shape index (κ3) is 31.3. The smallest absolute Gasteiger partial charge is 0.249 e. The zero-order valence-corrected chi connectivity index (χ0v) is 32.3. The Morgan fingerprint density at radius 2 is 0.708 bits per heavy atom. The summed E-state index contributed by atoms with van der Waals surface area (Å²) in [6, 6.07) is -0.977. The number of rotatable bonds is 39. The van der Waals surface area contributed by atoms with Gasteiger partial charge in [-0.05, 0) is 12.8 Å². The first-order chi connectivity index (χ1) is 23.5. The molecule has 0 aromatic heterocycles. The van der Waals surface area contributed by atoms with Crippen LogP contribution in [0.1, 0.15) is 232 Å². The third-order valence-electron chi connectivity index (χ3n) is 10.3. The molecule has 0 fully saturated rings. The Balaban J connectivity index is 3.64. The van der Waals surface area contributed by atoms with Crippen molar-refractivity contribution >= 4 is 5.91 Å². The second kappa shape index (κ2) is 37.6. The fraction of sp³-hybridized carbons (Fsp3) is 0.976. The molecule has 4 atom stereocenters. The predicted octanol–water partition coefficient (Wildman–Crippen LogP) is 10.8. The molecule has 0 aliphatic heterocycles. The lowest BCUT2D eigenvalue weighted by atomic mass is 9.99. The molecule has 0 saturated carbocycles. The van der Waals surface area contributed by atoms with Crippen LogP contribution in [0.25, 0.3) is 0 Å². The van der Waals surface area contributed by atoms with Gasteiger partial charge in [0.05, 0.1) is 18.8 Å². The SMILES string of the molecule is CCCCCCCCCCCCCCCCCCCCCCCCC(O)C(=O)NC(CO)C(O)C(O)CCCCCCCCCCCC. The minimum absolute atomic E-state index is 0.375. The minimum atomic E-state index is -1.25. The van der Waals surface area contributed by atoms with E-state index in [0.717, 1.165) is 38.5 Å². The average molecular weight is 684 g/mol. The summed E-state index contributed by atoms with van der Waals surface area (Å²) in [5.74, 6) is -0.581. The maximum Gasteiger partial charge on any atom is 0.249 e. The minimum Gasteiger partial charge on any atom is -0.394 e. The molecular formula is C42H85NO5. The van der Waals surface area contributed by atoms with Crippen LogP contribution in [0.15, 0.2) is 0 Å². The lowest BCUT2D eigenvalue weighted by Crippen LogP contribution is -2.53. The van der Waals surface area contributed by atoms with E-state index in [2.05, 4.69) is 19.2 Å². The van der Waals surface area contributed by atoms with E-state index in [1.807, 2.05) is 0 Å². The fourth-order valence-corrected chi connectivity index (χ4v) is 6.88. The number of aliphatic hydroxyl groups excluding tert-OH is 4. The Bertz CT molecular complexity index is 648. The summed E-state index contributed by atoms with van der Waals surface area (Å²) < 4.78 is 0. The molecule has 0 aliphatic rings. The first-order valence-electron chi connectivity index (χ1n) is 21.4. The molecule has 0 radical (unpaired) electrons. The predicted molar refractivity (Wildman–Crippen MR) is 205 cm³/mol. The first kappa shape index (κ1) is 47.3. The average Bonchev–Trinajstić information content (AvgIpc) is 3.09. The summed E-state index contributed by atoms with van der Waals surface area (Å²) in [5, 5.41) is 43.5. The number of nitrogens with one attached hydrogen (secondary N) is 1. The van der Waals surface area contributed by atoms with E-state index in [0.29, 0.717) is 12.8 Å². The van der Waals surface area contributed by atoms with Crippen LogP contribution in [0.2, 0.25) is 0 Å². The van der Waals surface area contributed by atoms with Crippen molar-refractivity contribution in [1.29, 1.82) is 0 Å². The molecule has 0 spiro atoms. The van der Waals surface area contributed by atoms with E-state index in [1.54, 1.807) is 0 Å². The van der Waals surface area contributed by atoms with Gasteiger partial charge in [-0.15, -0.1) is 0 Å². The van der Waals surface area contributed by atoms with Crippen molar-refractivity contribution < 1.29 is 25.2 Å². The van der Waals surface area contributed by atoms with E-state index in [-0.39, 0.29) is 0 Å². The molecule has 0 aliphatic carbocycles. The van der Waals surface area contributed by atoms with Crippen molar-refractivity contribution in [2.45, 2.75) is 257 Å². The van der Waals surface area contributed by atoms with Crippen LogP contribution in [-0.2, 0) is 4.79 Å². The van der Waals surface area contributed by atoms with Gasteiger partial charge in [-0.2, -0.15) is 0 Å². The second-order valence-electron chi connectivity index (χ2n) is 15.1. The fourth-order valence-electron chi connectivity index (χ4n) is 6.88. The van der Waals surface area contributed by atoms with Crippen LogP contribution in [0.3, 0.4) is 0 Å². The molecule has 5 N–H and O–H groups in total. The van der Waals surface area contributed by atoms with Gasteiger partial charge in [0.1, 0.15) is 12.2 Å². The Hall–Kier alpha value is -0.690. The van der Waals surface area contributed by atoms with Gasteiger partial charge in [0.15, 0.2) is 0 Å². The molecule has 6 heteroatoms. The van der Waals surface area contributed by atoms with Crippen LogP contribution in [0, 0.1) is 0 Å². The van der Waals surface area contributed by atoms with E-state index in [9.17, 15) is 25.2 Å². The summed E-state index contributed by atoms with van der Waals surface area (Å²) in [5.41, 5.74) is 0. The van der Waals surface area contributed by atoms with Gasteiger partial charge in [-0.1, -0.05) is 219 Å². The van der Waals surface area contributed by atoms with Gasteiger partial charge in [-0.25, -0.2) is 0 Å². The summed E-state index contributed by atoms with van der Waals surface area (Å²) in [7, 11) is 0. The molecular weight excluding hydrogens is 598 g/mol. The largest absolute Gasteiger partial charge is 0.394 e. The van der Waals surface area contributed by atoms with Gasteiger partial charge in [0.2, 0.25) is 5.91 Å². The molecule has 0 aromatic rings. The van der Waals surface area contributed by atoms with Gasteiger partial charge in [-0.3, -0.25) is 4.79 Å². The quantitative estimate of drug-likeness (QED) is 0.0414. The lowest BCUT2D eigenvalue weighted by Gasteiger charge is -2.27. The monoisotopic (exact) mass is 684 g/mol. The van der Waals surface area contributed by atoms with Crippen molar-refractivity contribution in [3.05, 3.63) is 0 Å². The zero-order valence-electron chi connectivity index (χ0n) is 32.3. The number of carbonyl (C=O) groups excluding carboxylic acids is 1. The van der Waals surface area contributed by atoms with Crippen LogP contribution in [0.5, 0.6) is 0 Å². The molecule has 4 unspecified atom stereocenters. The highest BCUT2D eigenvalue weighted by Gasteiger charge is 2.28. The molecule has 0 heterocycles. The normalized spacial score (nSPS) is 14.2. The van der Waals surface area contributed by atoms with Gasteiger partial charge < -0.3 is 25.7 Å². The highest BCUT2D eigenvalue weighted by atomic mass is 16.3. The van der Waals surface area contributed by atoms with Crippen LogP contribution in [0.4, 0.5) is 0 Å². The maximum atomic E-state index is 12.5. The lowest BCUT2D eigenvalue weighted by molar-refractivity contribution is -0.132. The highest BCUT2D eigenvalue weighted by molar-refractivity contribution is 5.80. The van der Waals surface area contributed by atoms with Gasteiger partial charge in [0, 0.05) is 0 Å². The van der Waals surface area contributed by atoms with Crippen LogP contribution >= 0.6 is 0 Å². The number of hydrogen-bond acceptors (Lipinski definition) is 5. The number of carbonyl (C=O) groups is 1. The molecule has 0 bridgehead atoms. The molecule has 6 nitrogen and oxygen atoms in total. The standard InChI is InChI=1S/C42H85NO5/c1-3-5-7-9-11-13-15-16-17-18-19-20-21-22-23-24-25-26-28-30-32-34-36-40(46)42(48)43-38(37-44)41(47)39(45)35-33-31-29-27-14-12-10-8-6-4-2/h38-41,44-47H,3-37H2,1-2H3,(H,43,48). The summed E-state index contributed by atoms with van der Waals surface area (Å²) >= 11 is 0. The van der Waals surface area contributed by atoms with E-state index in [1.165, 1.54) is 167 Å². The zero-order chi connectivity index (χ0) is 35.3. The van der Waals surface area contributed by atoms with Gasteiger partial charge >= 0.3 is 0 Å².